The number of hydrogen-bond acceptors (Lipinski definition) is 3. The minimum Gasteiger partial charge on any atom is -0.481 e. The van der Waals surface area contributed by atoms with Gasteiger partial charge in [0.1, 0.15) is 0 Å². The fourth-order valence-electron chi connectivity index (χ4n) is 1.73. The summed E-state index contributed by atoms with van der Waals surface area (Å²) in [7, 11) is -0.931. The zero-order chi connectivity index (χ0) is 11.9. The molecule has 1 aliphatic heterocycles. The van der Waals surface area contributed by atoms with Crippen molar-refractivity contribution in [2.45, 2.75) is 25.9 Å². The topological polar surface area (TPSA) is 66.8 Å². The molecular weight excluding hydrogens is 207 g/mol. The molecule has 0 bridgehead atoms. The number of carboxylic acid groups (broad SMARTS) is 1. The number of carboxylic acids is 1. The van der Waals surface area contributed by atoms with Gasteiger partial charge < -0.3 is 14.8 Å². The van der Waals surface area contributed by atoms with E-state index in [0.29, 0.717) is 17.6 Å². The van der Waals surface area contributed by atoms with E-state index in [1.807, 2.05) is 6.07 Å². The molecule has 5 heteroatoms. The molecule has 0 saturated heterocycles. The average molecular weight is 220 g/mol. The van der Waals surface area contributed by atoms with E-state index in [-0.39, 0.29) is 0 Å². The zero-order valence-electron chi connectivity index (χ0n) is 9.23. The summed E-state index contributed by atoms with van der Waals surface area (Å²) < 4.78 is 5.06. The van der Waals surface area contributed by atoms with Gasteiger partial charge in [-0.15, -0.1) is 0 Å². The van der Waals surface area contributed by atoms with Gasteiger partial charge in [0, 0.05) is 0 Å². The van der Waals surface area contributed by atoms with Gasteiger partial charge in [0.2, 0.25) is 0 Å². The summed E-state index contributed by atoms with van der Waals surface area (Å²) in [6.45, 7) is 3.66. The van der Waals surface area contributed by atoms with Gasteiger partial charge in [-0.1, -0.05) is 18.2 Å². The summed E-state index contributed by atoms with van der Waals surface area (Å²) in [6.07, 6.45) is 0. The molecule has 0 spiro atoms. The second-order valence-corrected chi connectivity index (χ2v) is 4.51. The van der Waals surface area contributed by atoms with Crippen LogP contribution >= 0.6 is 0 Å². The largest absolute Gasteiger partial charge is 0.491 e. The molecule has 0 aromatic heterocycles. The van der Waals surface area contributed by atoms with Crippen LogP contribution in [0.15, 0.2) is 18.2 Å². The van der Waals surface area contributed by atoms with Crippen LogP contribution in [-0.2, 0) is 21.5 Å². The van der Waals surface area contributed by atoms with Crippen LogP contribution in [0.2, 0.25) is 0 Å². The smallest absolute Gasteiger partial charge is 0.481 e. The highest BCUT2D eigenvalue weighted by Gasteiger charge is 2.33. The number of carbonyl (C=O) groups is 1. The van der Waals surface area contributed by atoms with Gasteiger partial charge in [-0.25, -0.2) is 0 Å². The fourth-order valence-corrected chi connectivity index (χ4v) is 1.73. The SMILES string of the molecule is CC(C)(C(=O)O)c1ccc2c(c1)B(O)OC2. The van der Waals surface area contributed by atoms with E-state index >= 15 is 0 Å². The number of benzene rings is 1. The maximum atomic E-state index is 11.1. The van der Waals surface area contributed by atoms with Crippen molar-refractivity contribution in [3.8, 4) is 0 Å². The second kappa shape index (κ2) is 3.61. The summed E-state index contributed by atoms with van der Waals surface area (Å²) in [5.74, 6) is -0.888. The third kappa shape index (κ3) is 1.62. The van der Waals surface area contributed by atoms with E-state index in [4.69, 9.17) is 9.76 Å². The van der Waals surface area contributed by atoms with Crippen LogP contribution in [-0.4, -0.2) is 23.2 Å². The van der Waals surface area contributed by atoms with Crippen molar-refractivity contribution in [3.63, 3.8) is 0 Å². The molecule has 1 aromatic rings. The molecule has 0 aliphatic carbocycles. The van der Waals surface area contributed by atoms with Crippen LogP contribution in [0.1, 0.15) is 25.0 Å². The highest BCUT2D eigenvalue weighted by molar-refractivity contribution is 6.61. The monoisotopic (exact) mass is 220 g/mol. The van der Waals surface area contributed by atoms with Crippen LogP contribution in [0.5, 0.6) is 0 Å². The molecule has 2 rings (SSSR count). The minimum absolute atomic E-state index is 0.379. The molecule has 2 N–H and O–H groups in total. The van der Waals surface area contributed by atoms with Crippen LogP contribution in [0.3, 0.4) is 0 Å². The highest BCUT2D eigenvalue weighted by Crippen LogP contribution is 2.24. The summed E-state index contributed by atoms with van der Waals surface area (Å²) in [6, 6.07) is 5.29. The quantitative estimate of drug-likeness (QED) is 0.702. The predicted molar refractivity (Wildman–Crippen MR) is 59.5 cm³/mol. The molecule has 0 atom stereocenters. The van der Waals surface area contributed by atoms with E-state index in [2.05, 4.69) is 0 Å². The Hall–Kier alpha value is -1.33. The van der Waals surface area contributed by atoms with Crippen molar-refractivity contribution < 1.29 is 19.6 Å². The van der Waals surface area contributed by atoms with Crippen LogP contribution in [0, 0.1) is 0 Å². The minimum atomic E-state index is -0.961. The van der Waals surface area contributed by atoms with E-state index in [9.17, 15) is 9.82 Å². The first kappa shape index (κ1) is 11.2. The van der Waals surface area contributed by atoms with E-state index < -0.39 is 18.5 Å². The number of aliphatic carboxylic acids is 1. The van der Waals surface area contributed by atoms with Crippen LogP contribution in [0.25, 0.3) is 0 Å². The van der Waals surface area contributed by atoms with E-state index in [1.54, 1.807) is 26.0 Å². The first-order chi connectivity index (χ1) is 7.43. The zero-order valence-corrected chi connectivity index (χ0v) is 9.23. The molecule has 1 aromatic carbocycles. The average Bonchev–Trinajstić information content (AvgIpc) is 2.60. The fraction of sp³-hybridized carbons (Fsp3) is 0.364. The van der Waals surface area contributed by atoms with Crippen molar-refractivity contribution in [2.75, 3.05) is 0 Å². The molecule has 16 heavy (non-hydrogen) atoms. The van der Waals surface area contributed by atoms with Gasteiger partial charge in [-0.2, -0.15) is 0 Å². The van der Waals surface area contributed by atoms with Gasteiger partial charge >= 0.3 is 13.1 Å². The lowest BCUT2D eigenvalue weighted by Crippen LogP contribution is -2.33. The molecule has 0 unspecified atom stereocenters. The Labute approximate surface area is 94.0 Å². The van der Waals surface area contributed by atoms with Gasteiger partial charge in [0.15, 0.2) is 0 Å². The lowest BCUT2D eigenvalue weighted by molar-refractivity contribution is -0.142. The van der Waals surface area contributed by atoms with Crippen molar-refractivity contribution in [2.24, 2.45) is 0 Å². The molecule has 0 saturated carbocycles. The standard InChI is InChI=1S/C11H13BO4/c1-11(2,10(13)14)8-4-3-7-6-16-12(15)9(7)5-8/h3-5,15H,6H2,1-2H3,(H,13,14). The summed E-state index contributed by atoms with van der Waals surface area (Å²) in [5.41, 5.74) is 1.30. The van der Waals surface area contributed by atoms with Crippen molar-refractivity contribution >= 4 is 18.6 Å². The molecule has 0 radical (unpaired) electrons. The highest BCUT2D eigenvalue weighted by atomic mass is 16.5. The Kier molecular flexibility index (Phi) is 2.52. The van der Waals surface area contributed by atoms with Crippen LogP contribution < -0.4 is 5.46 Å². The van der Waals surface area contributed by atoms with Crippen molar-refractivity contribution in [3.05, 3.63) is 29.3 Å². The molecule has 84 valence electrons. The van der Waals surface area contributed by atoms with Crippen molar-refractivity contribution in [1.82, 2.24) is 0 Å². The normalized spacial score (nSPS) is 15.1. The second-order valence-electron chi connectivity index (χ2n) is 4.51. The molecule has 1 aliphatic rings. The number of fused-ring (bicyclic) bond motifs is 1. The van der Waals surface area contributed by atoms with Gasteiger partial charge in [-0.3, -0.25) is 4.79 Å². The molecule has 1 heterocycles. The maximum Gasteiger partial charge on any atom is 0.491 e. The lowest BCUT2D eigenvalue weighted by Gasteiger charge is -2.20. The van der Waals surface area contributed by atoms with Gasteiger partial charge in [-0.05, 0) is 30.4 Å². The Morgan fingerprint density at radius 3 is 2.81 bits per heavy atom. The molecular formula is C11H13BO4. The van der Waals surface area contributed by atoms with Crippen molar-refractivity contribution in [1.29, 1.82) is 0 Å². The summed E-state index contributed by atoms with van der Waals surface area (Å²) in [4.78, 5) is 11.1. The molecule has 4 nitrogen and oxygen atoms in total. The number of rotatable bonds is 2. The number of hydrogen-bond donors (Lipinski definition) is 2. The Bertz CT molecular complexity index is 442. The van der Waals surface area contributed by atoms with Gasteiger partial charge in [0.05, 0.1) is 12.0 Å². The molecule has 0 fully saturated rings. The van der Waals surface area contributed by atoms with E-state index in [0.717, 1.165) is 5.56 Å². The first-order valence-electron chi connectivity index (χ1n) is 5.09. The Morgan fingerprint density at radius 2 is 2.19 bits per heavy atom. The predicted octanol–water partition coefficient (Wildman–Crippen LogP) is 0.266. The lowest BCUT2D eigenvalue weighted by atomic mass is 9.75. The Morgan fingerprint density at radius 1 is 1.50 bits per heavy atom. The van der Waals surface area contributed by atoms with E-state index in [1.165, 1.54) is 0 Å². The maximum absolute atomic E-state index is 11.1. The summed E-state index contributed by atoms with van der Waals surface area (Å²) in [5, 5.41) is 18.7. The Balaban J connectivity index is 2.46. The third-order valence-corrected chi connectivity index (χ3v) is 3.06. The summed E-state index contributed by atoms with van der Waals surface area (Å²) >= 11 is 0. The van der Waals surface area contributed by atoms with Gasteiger partial charge in [0.25, 0.3) is 0 Å². The molecule has 0 amide bonds. The van der Waals surface area contributed by atoms with Crippen LogP contribution in [0.4, 0.5) is 0 Å². The third-order valence-electron chi connectivity index (χ3n) is 3.06. The first-order valence-corrected chi connectivity index (χ1v) is 5.09.